The predicted molar refractivity (Wildman–Crippen MR) is 112 cm³/mol. The van der Waals surface area contributed by atoms with Crippen LogP contribution in [0.5, 0.6) is 0 Å². The molecule has 1 nitrogen and oxygen atoms in total. The third kappa shape index (κ3) is 4.85. The molecule has 3 rings (SSSR count). The molecule has 1 unspecified atom stereocenters. The first-order valence-electron chi connectivity index (χ1n) is 11.1. The van der Waals surface area contributed by atoms with Crippen LogP contribution in [0.2, 0.25) is 0 Å². The maximum atomic E-state index is 4.91. The Morgan fingerprint density at radius 2 is 1.64 bits per heavy atom. The summed E-state index contributed by atoms with van der Waals surface area (Å²) in [5, 5.41) is 0.614. The molecule has 1 aromatic rings. The molecule has 140 valence electrons. The van der Waals surface area contributed by atoms with Crippen molar-refractivity contribution < 1.29 is 0 Å². The molecule has 0 aromatic carbocycles. The molecule has 0 amide bonds. The van der Waals surface area contributed by atoms with Gasteiger partial charge < -0.3 is 0 Å². The fourth-order valence-electron chi connectivity index (χ4n) is 5.45. The van der Waals surface area contributed by atoms with E-state index in [1.165, 1.54) is 101 Å². The van der Waals surface area contributed by atoms with E-state index in [0.717, 1.165) is 5.92 Å². The second-order valence-corrected chi connectivity index (χ2v) is 11.1. The van der Waals surface area contributed by atoms with Gasteiger partial charge in [0.05, 0.1) is 5.44 Å². The van der Waals surface area contributed by atoms with E-state index in [9.17, 15) is 0 Å². The van der Waals surface area contributed by atoms with E-state index in [-0.39, 0.29) is 7.92 Å². The van der Waals surface area contributed by atoms with Gasteiger partial charge in [0.1, 0.15) is 0 Å². The lowest BCUT2D eigenvalue weighted by Gasteiger charge is -2.45. The van der Waals surface area contributed by atoms with E-state index in [1.54, 1.807) is 0 Å². The third-order valence-electron chi connectivity index (χ3n) is 6.78. The molecule has 2 aliphatic carbocycles. The monoisotopic (exact) mass is 359 g/mol. The minimum absolute atomic E-state index is 0.110. The quantitative estimate of drug-likeness (QED) is 0.496. The van der Waals surface area contributed by atoms with Gasteiger partial charge in [-0.2, -0.15) is 0 Å². The van der Waals surface area contributed by atoms with Gasteiger partial charge in [-0.1, -0.05) is 70.8 Å². The van der Waals surface area contributed by atoms with Crippen molar-refractivity contribution in [3.8, 4) is 0 Å². The average Bonchev–Trinajstić information content (AvgIpc) is 3.17. The number of nitrogens with zero attached hydrogens (tertiary/aromatic N) is 1. The van der Waals surface area contributed by atoms with Crippen LogP contribution < -0.4 is 5.44 Å². The molecule has 2 aliphatic rings. The Morgan fingerprint density at radius 1 is 0.960 bits per heavy atom. The van der Waals surface area contributed by atoms with Crippen LogP contribution in [0.3, 0.4) is 0 Å². The van der Waals surface area contributed by atoms with E-state index in [2.05, 4.69) is 25.1 Å². The summed E-state index contributed by atoms with van der Waals surface area (Å²) < 4.78 is 0. The molecule has 0 bridgehead atoms. The molecule has 0 aliphatic heterocycles. The van der Waals surface area contributed by atoms with Crippen LogP contribution in [-0.4, -0.2) is 16.3 Å². The zero-order valence-corrected chi connectivity index (χ0v) is 17.3. The Hall–Kier alpha value is -0.420. The van der Waals surface area contributed by atoms with Crippen molar-refractivity contribution >= 4 is 13.4 Å². The van der Waals surface area contributed by atoms with Crippen molar-refractivity contribution in [1.29, 1.82) is 0 Å². The SMILES string of the molecule is CCCCP(c1ccccn1)C1(C2CCCCCCCC2)CCCC1. The normalized spacial score (nSPS) is 23.6. The van der Waals surface area contributed by atoms with Crippen LogP contribution in [0, 0.1) is 5.92 Å². The zero-order chi connectivity index (χ0) is 17.4. The summed E-state index contributed by atoms with van der Waals surface area (Å²) in [5.41, 5.74) is 1.47. The van der Waals surface area contributed by atoms with Crippen LogP contribution >= 0.6 is 7.92 Å². The fourth-order valence-corrected chi connectivity index (χ4v) is 9.24. The predicted octanol–water partition coefficient (Wildman–Crippen LogP) is 7.05. The van der Waals surface area contributed by atoms with Crippen LogP contribution in [0.25, 0.3) is 0 Å². The van der Waals surface area contributed by atoms with Gasteiger partial charge in [-0.3, -0.25) is 4.98 Å². The van der Waals surface area contributed by atoms with Gasteiger partial charge in [-0.15, -0.1) is 0 Å². The van der Waals surface area contributed by atoms with Crippen molar-refractivity contribution in [3.63, 3.8) is 0 Å². The third-order valence-corrected chi connectivity index (χ3v) is 10.3. The Kier molecular flexibility index (Phi) is 7.78. The summed E-state index contributed by atoms with van der Waals surface area (Å²) in [4.78, 5) is 4.91. The van der Waals surface area contributed by atoms with E-state index in [4.69, 9.17) is 4.98 Å². The zero-order valence-electron chi connectivity index (χ0n) is 16.4. The second-order valence-electron chi connectivity index (χ2n) is 8.40. The molecule has 1 atom stereocenters. The average molecular weight is 360 g/mol. The summed E-state index contributed by atoms with van der Waals surface area (Å²) in [6, 6.07) is 6.68. The maximum absolute atomic E-state index is 4.91. The second kappa shape index (κ2) is 10.1. The molecular weight excluding hydrogens is 321 g/mol. The molecule has 1 aromatic heterocycles. The summed E-state index contributed by atoms with van der Waals surface area (Å²) >= 11 is 0. The Morgan fingerprint density at radius 3 is 2.24 bits per heavy atom. The van der Waals surface area contributed by atoms with Crippen molar-refractivity contribution in [3.05, 3.63) is 24.4 Å². The van der Waals surface area contributed by atoms with Gasteiger partial charge in [0.2, 0.25) is 0 Å². The molecule has 2 heteroatoms. The van der Waals surface area contributed by atoms with E-state index in [0.29, 0.717) is 5.16 Å². The van der Waals surface area contributed by atoms with E-state index < -0.39 is 0 Å². The molecule has 25 heavy (non-hydrogen) atoms. The van der Waals surface area contributed by atoms with Crippen LogP contribution in [0.1, 0.15) is 96.8 Å². The summed E-state index contributed by atoms with van der Waals surface area (Å²) in [6.45, 7) is 2.35. The van der Waals surface area contributed by atoms with Gasteiger partial charge in [0.25, 0.3) is 0 Å². The highest BCUT2D eigenvalue weighted by atomic mass is 31.1. The molecule has 2 fully saturated rings. The first-order valence-corrected chi connectivity index (χ1v) is 12.6. The molecule has 1 heterocycles. The lowest BCUT2D eigenvalue weighted by atomic mass is 9.82. The standard InChI is InChI=1S/C23H38NP/c1-2-3-20-25(22-16-10-13-19-24-22)23(17-11-12-18-23)21-14-8-6-4-5-7-9-15-21/h10,13,16,19,21H,2-9,11-12,14-15,17-18,20H2,1H3. The van der Waals surface area contributed by atoms with E-state index >= 15 is 0 Å². The van der Waals surface area contributed by atoms with Crippen LogP contribution in [0.4, 0.5) is 0 Å². The van der Waals surface area contributed by atoms with Crippen LogP contribution in [0.15, 0.2) is 24.4 Å². The molecular formula is C23H38NP. The van der Waals surface area contributed by atoms with Crippen molar-refractivity contribution in [2.75, 3.05) is 6.16 Å². The highest BCUT2D eigenvalue weighted by Gasteiger charge is 2.47. The number of aromatic nitrogens is 1. The lowest BCUT2D eigenvalue weighted by Crippen LogP contribution is -2.38. The number of rotatable bonds is 6. The minimum Gasteiger partial charge on any atom is -0.257 e. The van der Waals surface area contributed by atoms with Gasteiger partial charge in [-0.05, 0) is 69.4 Å². The van der Waals surface area contributed by atoms with Gasteiger partial charge in [-0.25, -0.2) is 0 Å². The molecule has 0 saturated heterocycles. The highest BCUT2D eigenvalue weighted by molar-refractivity contribution is 7.67. The molecule has 0 spiro atoms. The van der Waals surface area contributed by atoms with E-state index in [1.807, 2.05) is 6.20 Å². The highest BCUT2D eigenvalue weighted by Crippen LogP contribution is 2.62. The number of hydrogen-bond acceptors (Lipinski definition) is 1. The maximum Gasteiger partial charge on any atom is 0.0636 e. The van der Waals surface area contributed by atoms with Crippen molar-refractivity contribution in [2.24, 2.45) is 5.92 Å². The Labute approximate surface area is 157 Å². The van der Waals surface area contributed by atoms with Gasteiger partial charge in [0.15, 0.2) is 0 Å². The Balaban J connectivity index is 1.88. The van der Waals surface area contributed by atoms with Gasteiger partial charge >= 0.3 is 0 Å². The summed E-state index contributed by atoms with van der Waals surface area (Å²) in [5.74, 6) is 0.970. The first kappa shape index (κ1) is 19.3. The van der Waals surface area contributed by atoms with Crippen molar-refractivity contribution in [2.45, 2.75) is 102 Å². The first-order chi connectivity index (χ1) is 12.4. The Bertz CT molecular complexity index is 470. The molecule has 0 radical (unpaired) electrons. The summed E-state index contributed by atoms with van der Waals surface area (Å²) in [6.07, 6.45) is 23.9. The summed E-state index contributed by atoms with van der Waals surface area (Å²) in [7, 11) is -0.110. The van der Waals surface area contributed by atoms with Crippen molar-refractivity contribution in [1.82, 2.24) is 4.98 Å². The lowest BCUT2D eigenvalue weighted by molar-refractivity contribution is 0.317. The fraction of sp³-hybridized carbons (Fsp3) is 0.783. The molecule has 0 N–H and O–H groups in total. The smallest absolute Gasteiger partial charge is 0.0636 e. The van der Waals surface area contributed by atoms with Crippen LogP contribution in [-0.2, 0) is 0 Å². The molecule has 2 saturated carbocycles. The minimum atomic E-state index is -0.110. The number of pyridine rings is 1. The topological polar surface area (TPSA) is 12.9 Å². The number of hydrogen-bond donors (Lipinski definition) is 0. The largest absolute Gasteiger partial charge is 0.257 e. The number of unbranched alkanes of at least 4 members (excludes halogenated alkanes) is 1. The van der Waals surface area contributed by atoms with Gasteiger partial charge in [0, 0.05) is 6.20 Å².